The molecule has 2 aliphatic rings. The number of hydrogen-bond donors (Lipinski definition) is 2. The maximum absolute atomic E-state index is 13.0. The molecule has 124 valence electrons. The summed E-state index contributed by atoms with van der Waals surface area (Å²) in [6, 6.07) is 6.63. The van der Waals surface area contributed by atoms with Gasteiger partial charge in [0.25, 0.3) is 5.91 Å². The first-order valence-corrected chi connectivity index (χ1v) is 8.77. The molecule has 1 aromatic heterocycles. The fourth-order valence-electron chi connectivity index (χ4n) is 3.48. The number of nitrogen functional groups attached to an aromatic ring is 1. The summed E-state index contributed by atoms with van der Waals surface area (Å²) in [6.45, 7) is 0.545. The van der Waals surface area contributed by atoms with Crippen LogP contribution < -0.4 is 11.5 Å². The van der Waals surface area contributed by atoms with Gasteiger partial charge in [-0.3, -0.25) is 9.59 Å². The highest BCUT2D eigenvalue weighted by molar-refractivity contribution is 7.19. The number of amides is 2. The molecule has 0 spiro atoms. The van der Waals surface area contributed by atoms with Gasteiger partial charge in [0.05, 0.1) is 4.88 Å². The summed E-state index contributed by atoms with van der Waals surface area (Å²) in [7, 11) is 0. The van der Waals surface area contributed by atoms with E-state index >= 15 is 0 Å². The number of carbonyl (C=O) groups excluding carboxylic acids is 2. The van der Waals surface area contributed by atoms with Crippen molar-refractivity contribution >= 4 is 39.9 Å². The Bertz CT molecular complexity index is 852. The van der Waals surface area contributed by atoms with E-state index in [1.807, 2.05) is 6.07 Å². The summed E-state index contributed by atoms with van der Waals surface area (Å²) in [6.07, 6.45) is 0.956. The predicted molar refractivity (Wildman–Crippen MR) is 92.6 cm³/mol. The van der Waals surface area contributed by atoms with E-state index in [9.17, 15) is 9.59 Å². The van der Waals surface area contributed by atoms with Crippen LogP contribution in [0.15, 0.2) is 24.3 Å². The van der Waals surface area contributed by atoms with Crippen LogP contribution in [-0.4, -0.2) is 34.3 Å². The third-order valence-corrected chi connectivity index (χ3v) is 5.80. The SMILES string of the molecule is NC(=O)[C@@H]1[C@@H]2C[C@@H]2CN1C(=O)c1nc(N)sc1-c1cccc(Cl)c1. The number of rotatable bonds is 3. The van der Waals surface area contributed by atoms with Crippen molar-refractivity contribution in [2.75, 3.05) is 12.3 Å². The molecule has 6 nitrogen and oxygen atoms in total. The zero-order valence-electron chi connectivity index (χ0n) is 12.6. The topological polar surface area (TPSA) is 102 Å². The van der Waals surface area contributed by atoms with Crippen molar-refractivity contribution in [3.63, 3.8) is 0 Å². The van der Waals surface area contributed by atoms with E-state index in [0.29, 0.717) is 27.5 Å². The van der Waals surface area contributed by atoms with Crippen LogP contribution >= 0.6 is 22.9 Å². The first kappa shape index (κ1) is 15.4. The molecule has 2 amide bonds. The van der Waals surface area contributed by atoms with Gasteiger partial charge in [-0.2, -0.15) is 0 Å². The molecule has 1 aromatic carbocycles. The van der Waals surface area contributed by atoms with Gasteiger partial charge in [-0.25, -0.2) is 4.98 Å². The molecule has 1 aliphatic carbocycles. The second-order valence-electron chi connectivity index (χ2n) is 6.20. The number of nitrogens with zero attached hydrogens (tertiary/aromatic N) is 2. The zero-order valence-corrected chi connectivity index (χ0v) is 14.2. The van der Waals surface area contributed by atoms with E-state index in [2.05, 4.69) is 4.98 Å². The summed E-state index contributed by atoms with van der Waals surface area (Å²) in [5.74, 6) is -0.191. The minimum atomic E-state index is -0.544. The standard InChI is InChI=1S/C16H15ClN4O2S/c17-9-3-1-2-7(4-9)13-11(20-16(19)24-13)15(23)21-6-8-5-10(8)12(21)14(18)22/h1-4,8,10,12H,5-6H2,(H2,18,22)(H2,19,20)/t8-,10-,12+/m1/s1. The lowest BCUT2D eigenvalue weighted by Gasteiger charge is -2.24. The molecule has 8 heteroatoms. The van der Waals surface area contributed by atoms with Gasteiger partial charge in [-0.05, 0) is 36.0 Å². The molecule has 4 rings (SSSR count). The number of piperidine rings is 1. The lowest BCUT2D eigenvalue weighted by molar-refractivity contribution is -0.122. The summed E-state index contributed by atoms with van der Waals surface area (Å²) >= 11 is 7.28. The van der Waals surface area contributed by atoms with E-state index in [-0.39, 0.29) is 17.5 Å². The van der Waals surface area contributed by atoms with Crippen LogP contribution in [0.25, 0.3) is 10.4 Å². The predicted octanol–water partition coefficient (Wildman–Crippen LogP) is 1.99. The molecule has 0 radical (unpaired) electrons. The number of hydrogen-bond acceptors (Lipinski definition) is 5. The maximum Gasteiger partial charge on any atom is 0.274 e. The van der Waals surface area contributed by atoms with Crippen LogP contribution in [0.3, 0.4) is 0 Å². The summed E-state index contributed by atoms with van der Waals surface area (Å²) in [5.41, 5.74) is 12.4. The quantitative estimate of drug-likeness (QED) is 0.871. The Hall–Kier alpha value is -2.12. The van der Waals surface area contributed by atoms with Crippen molar-refractivity contribution in [3.05, 3.63) is 35.0 Å². The number of halogens is 1. The molecule has 3 atom stereocenters. The second kappa shape index (κ2) is 5.46. The third kappa shape index (κ3) is 2.44. The normalized spacial score (nSPS) is 24.7. The minimum absolute atomic E-state index is 0.192. The fraction of sp³-hybridized carbons (Fsp3) is 0.312. The Kier molecular flexibility index (Phi) is 3.51. The Balaban J connectivity index is 1.72. The first-order valence-electron chi connectivity index (χ1n) is 7.58. The fourth-order valence-corrected chi connectivity index (χ4v) is 4.49. The van der Waals surface area contributed by atoms with Crippen LogP contribution in [-0.2, 0) is 4.79 Å². The van der Waals surface area contributed by atoms with Crippen LogP contribution in [0.4, 0.5) is 5.13 Å². The highest BCUT2D eigenvalue weighted by Crippen LogP contribution is 2.50. The number of anilines is 1. The molecule has 0 unspecified atom stereocenters. The average molecular weight is 363 g/mol. The van der Waals surface area contributed by atoms with Crippen LogP contribution in [0.2, 0.25) is 5.02 Å². The monoisotopic (exact) mass is 362 g/mol. The maximum atomic E-state index is 13.0. The Morgan fingerprint density at radius 1 is 1.38 bits per heavy atom. The van der Waals surface area contributed by atoms with Gasteiger partial charge in [0.2, 0.25) is 5.91 Å². The van der Waals surface area contributed by atoms with Crippen LogP contribution in [0, 0.1) is 11.8 Å². The van der Waals surface area contributed by atoms with Gasteiger partial charge < -0.3 is 16.4 Å². The third-order valence-electron chi connectivity index (χ3n) is 4.64. The highest BCUT2D eigenvalue weighted by atomic mass is 35.5. The number of fused-ring (bicyclic) bond motifs is 1. The van der Waals surface area contributed by atoms with Crippen LogP contribution in [0.5, 0.6) is 0 Å². The van der Waals surface area contributed by atoms with Gasteiger partial charge in [-0.1, -0.05) is 35.1 Å². The van der Waals surface area contributed by atoms with Crippen molar-refractivity contribution in [1.82, 2.24) is 9.88 Å². The van der Waals surface area contributed by atoms with E-state index in [0.717, 1.165) is 12.0 Å². The summed E-state index contributed by atoms with van der Waals surface area (Å²) in [4.78, 5) is 31.2. The lowest BCUT2D eigenvalue weighted by atomic mass is 10.1. The smallest absolute Gasteiger partial charge is 0.274 e. The Morgan fingerprint density at radius 3 is 2.88 bits per heavy atom. The van der Waals surface area contributed by atoms with Crippen molar-refractivity contribution in [1.29, 1.82) is 0 Å². The van der Waals surface area contributed by atoms with Gasteiger partial charge >= 0.3 is 0 Å². The Morgan fingerprint density at radius 2 is 2.17 bits per heavy atom. The number of likely N-dealkylation sites (tertiary alicyclic amines) is 1. The van der Waals surface area contributed by atoms with Crippen molar-refractivity contribution in [2.24, 2.45) is 17.6 Å². The van der Waals surface area contributed by atoms with Gasteiger partial charge in [0.15, 0.2) is 5.13 Å². The van der Waals surface area contributed by atoms with E-state index in [1.165, 1.54) is 11.3 Å². The molecule has 1 aliphatic heterocycles. The summed E-state index contributed by atoms with van der Waals surface area (Å²) in [5, 5.41) is 0.864. The average Bonchev–Trinajstić information content (AvgIpc) is 3.01. The van der Waals surface area contributed by atoms with E-state index in [4.69, 9.17) is 23.1 Å². The molecule has 24 heavy (non-hydrogen) atoms. The first-order chi connectivity index (χ1) is 11.5. The molecular formula is C16H15ClN4O2S. The number of carbonyl (C=O) groups is 2. The zero-order chi connectivity index (χ0) is 17.0. The Labute approximate surface area is 147 Å². The van der Waals surface area contributed by atoms with E-state index < -0.39 is 11.9 Å². The number of primary amides is 1. The van der Waals surface area contributed by atoms with Gasteiger partial charge in [-0.15, -0.1) is 0 Å². The minimum Gasteiger partial charge on any atom is -0.375 e. The number of nitrogens with two attached hydrogens (primary N) is 2. The number of aromatic nitrogens is 1. The van der Waals surface area contributed by atoms with E-state index in [1.54, 1.807) is 23.1 Å². The molecule has 2 heterocycles. The molecule has 2 aromatic rings. The summed E-state index contributed by atoms with van der Waals surface area (Å²) < 4.78 is 0. The lowest BCUT2D eigenvalue weighted by Crippen LogP contribution is -2.46. The number of benzene rings is 1. The van der Waals surface area contributed by atoms with Crippen molar-refractivity contribution in [3.8, 4) is 10.4 Å². The van der Waals surface area contributed by atoms with Crippen LogP contribution in [0.1, 0.15) is 16.9 Å². The molecular weight excluding hydrogens is 348 g/mol. The van der Waals surface area contributed by atoms with Gasteiger partial charge in [0, 0.05) is 11.6 Å². The molecule has 1 saturated carbocycles. The largest absolute Gasteiger partial charge is 0.375 e. The highest BCUT2D eigenvalue weighted by Gasteiger charge is 2.56. The van der Waals surface area contributed by atoms with Gasteiger partial charge in [0.1, 0.15) is 11.7 Å². The molecule has 1 saturated heterocycles. The van der Waals surface area contributed by atoms with Crippen molar-refractivity contribution in [2.45, 2.75) is 12.5 Å². The van der Waals surface area contributed by atoms with Crippen molar-refractivity contribution < 1.29 is 9.59 Å². The number of thiazole rings is 1. The second-order valence-corrected chi connectivity index (χ2v) is 7.67. The molecule has 0 bridgehead atoms. The molecule has 4 N–H and O–H groups in total. The molecule has 2 fully saturated rings.